The van der Waals surface area contributed by atoms with Gasteiger partial charge in [0.25, 0.3) is 0 Å². The molecule has 1 fully saturated rings. The number of benzene rings is 1. The van der Waals surface area contributed by atoms with Crippen LogP contribution in [0, 0.1) is 5.92 Å². The van der Waals surface area contributed by atoms with E-state index in [9.17, 15) is 4.79 Å². The predicted octanol–water partition coefficient (Wildman–Crippen LogP) is 3.40. The number of hydrogen-bond donors (Lipinski definition) is 1. The van der Waals surface area contributed by atoms with Crippen molar-refractivity contribution in [1.29, 1.82) is 0 Å². The zero-order chi connectivity index (χ0) is 14.4. The third kappa shape index (κ3) is 3.70. The fraction of sp³-hybridized carbons (Fsp3) is 0.471. The molecule has 0 aromatic heterocycles. The van der Waals surface area contributed by atoms with E-state index in [-0.39, 0.29) is 5.97 Å². The SMILES string of the molecule is COC(=O)c1ccc(/C=C(/CN)C2CCCCC2)cc1. The summed E-state index contributed by atoms with van der Waals surface area (Å²) in [6.45, 7) is 0.615. The molecule has 0 atom stereocenters. The van der Waals surface area contributed by atoms with Crippen molar-refractivity contribution >= 4 is 12.0 Å². The molecule has 0 amide bonds. The maximum absolute atomic E-state index is 11.4. The second-order valence-electron chi connectivity index (χ2n) is 5.37. The minimum absolute atomic E-state index is 0.299. The Morgan fingerprint density at radius 1 is 1.25 bits per heavy atom. The molecule has 0 saturated heterocycles. The third-order valence-electron chi connectivity index (χ3n) is 4.05. The van der Waals surface area contributed by atoms with Crippen molar-refractivity contribution in [3.05, 3.63) is 41.0 Å². The molecule has 0 radical (unpaired) electrons. The fourth-order valence-electron chi connectivity index (χ4n) is 2.86. The lowest BCUT2D eigenvalue weighted by atomic mass is 9.83. The Labute approximate surface area is 120 Å². The summed E-state index contributed by atoms with van der Waals surface area (Å²) in [7, 11) is 1.39. The van der Waals surface area contributed by atoms with Crippen molar-refractivity contribution in [3.8, 4) is 0 Å². The largest absolute Gasteiger partial charge is 0.465 e. The van der Waals surface area contributed by atoms with Gasteiger partial charge in [0, 0.05) is 6.54 Å². The summed E-state index contributed by atoms with van der Waals surface area (Å²) in [5.74, 6) is 0.334. The van der Waals surface area contributed by atoms with E-state index in [0.717, 1.165) is 5.56 Å². The van der Waals surface area contributed by atoms with Crippen LogP contribution in [0.3, 0.4) is 0 Å². The van der Waals surface area contributed by atoms with Gasteiger partial charge >= 0.3 is 5.97 Å². The van der Waals surface area contributed by atoms with Gasteiger partial charge in [0.1, 0.15) is 0 Å². The van der Waals surface area contributed by atoms with Gasteiger partial charge in [-0.1, -0.05) is 43.0 Å². The van der Waals surface area contributed by atoms with Crippen LogP contribution in [-0.2, 0) is 4.74 Å². The first-order chi connectivity index (χ1) is 9.74. The van der Waals surface area contributed by atoms with Gasteiger partial charge in [-0.25, -0.2) is 4.79 Å². The van der Waals surface area contributed by atoms with Crippen LogP contribution in [0.15, 0.2) is 29.8 Å². The molecule has 1 aromatic rings. The number of ether oxygens (including phenoxy) is 1. The van der Waals surface area contributed by atoms with Crippen molar-refractivity contribution in [2.24, 2.45) is 11.7 Å². The van der Waals surface area contributed by atoms with Crippen molar-refractivity contribution in [2.45, 2.75) is 32.1 Å². The van der Waals surface area contributed by atoms with E-state index >= 15 is 0 Å². The Hall–Kier alpha value is -1.61. The highest BCUT2D eigenvalue weighted by Crippen LogP contribution is 2.30. The van der Waals surface area contributed by atoms with Crippen LogP contribution in [0.5, 0.6) is 0 Å². The molecular weight excluding hydrogens is 250 g/mol. The summed E-state index contributed by atoms with van der Waals surface area (Å²) in [5.41, 5.74) is 8.92. The topological polar surface area (TPSA) is 52.3 Å². The van der Waals surface area contributed by atoms with Crippen LogP contribution in [0.25, 0.3) is 6.08 Å². The maximum atomic E-state index is 11.4. The highest BCUT2D eigenvalue weighted by Gasteiger charge is 2.16. The van der Waals surface area contributed by atoms with Gasteiger partial charge in [-0.2, -0.15) is 0 Å². The smallest absolute Gasteiger partial charge is 0.337 e. The lowest BCUT2D eigenvalue weighted by Gasteiger charge is -2.23. The summed E-state index contributed by atoms with van der Waals surface area (Å²) in [6.07, 6.45) is 8.65. The average Bonchev–Trinajstić information content (AvgIpc) is 2.53. The van der Waals surface area contributed by atoms with E-state index in [1.165, 1.54) is 44.8 Å². The number of methoxy groups -OCH3 is 1. The normalized spacial score (nSPS) is 17.0. The van der Waals surface area contributed by atoms with Crippen molar-refractivity contribution in [3.63, 3.8) is 0 Å². The molecule has 108 valence electrons. The van der Waals surface area contributed by atoms with E-state index in [1.807, 2.05) is 12.1 Å². The summed E-state index contributed by atoms with van der Waals surface area (Å²) in [6, 6.07) is 7.49. The summed E-state index contributed by atoms with van der Waals surface area (Å²) >= 11 is 0. The van der Waals surface area contributed by atoms with Crippen molar-refractivity contribution in [2.75, 3.05) is 13.7 Å². The van der Waals surface area contributed by atoms with Crippen molar-refractivity contribution < 1.29 is 9.53 Å². The first-order valence-electron chi connectivity index (χ1n) is 7.33. The Balaban J connectivity index is 2.12. The van der Waals surface area contributed by atoms with Gasteiger partial charge < -0.3 is 10.5 Å². The predicted molar refractivity (Wildman–Crippen MR) is 81.4 cm³/mol. The fourth-order valence-corrected chi connectivity index (χ4v) is 2.86. The van der Waals surface area contributed by atoms with Crippen molar-refractivity contribution in [1.82, 2.24) is 0 Å². The van der Waals surface area contributed by atoms with Gasteiger partial charge in [0.05, 0.1) is 12.7 Å². The van der Waals surface area contributed by atoms with Gasteiger partial charge in [0.2, 0.25) is 0 Å². The minimum Gasteiger partial charge on any atom is -0.465 e. The highest BCUT2D eigenvalue weighted by atomic mass is 16.5. The lowest BCUT2D eigenvalue weighted by molar-refractivity contribution is 0.0601. The Morgan fingerprint density at radius 2 is 1.90 bits per heavy atom. The molecule has 2 rings (SSSR count). The summed E-state index contributed by atoms with van der Waals surface area (Å²) < 4.78 is 4.70. The van der Waals surface area contributed by atoms with Crippen LogP contribution >= 0.6 is 0 Å². The monoisotopic (exact) mass is 273 g/mol. The molecule has 1 aliphatic rings. The third-order valence-corrected chi connectivity index (χ3v) is 4.05. The Kier molecular flexibility index (Phi) is 5.36. The Bertz CT molecular complexity index is 470. The minimum atomic E-state index is -0.299. The zero-order valence-electron chi connectivity index (χ0n) is 12.1. The van der Waals surface area contributed by atoms with Crippen LogP contribution in [0.4, 0.5) is 0 Å². The maximum Gasteiger partial charge on any atom is 0.337 e. The number of carbonyl (C=O) groups excluding carboxylic acids is 1. The van der Waals surface area contributed by atoms with E-state index < -0.39 is 0 Å². The zero-order valence-corrected chi connectivity index (χ0v) is 12.1. The van der Waals surface area contributed by atoms with Gasteiger partial charge in [-0.15, -0.1) is 0 Å². The molecule has 1 aliphatic carbocycles. The second kappa shape index (κ2) is 7.25. The number of rotatable bonds is 4. The van der Waals surface area contributed by atoms with Crippen LogP contribution in [0.2, 0.25) is 0 Å². The molecule has 0 heterocycles. The van der Waals surface area contributed by atoms with E-state index in [4.69, 9.17) is 10.5 Å². The highest BCUT2D eigenvalue weighted by molar-refractivity contribution is 5.89. The number of esters is 1. The molecular formula is C17H23NO2. The average molecular weight is 273 g/mol. The summed E-state index contributed by atoms with van der Waals surface area (Å²) in [5, 5.41) is 0. The van der Waals surface area contributed by atoms with E-state index in [0.29, 0.717) is 18.0 Å². The van der Waals surface area contributed by atoms with Gasteiger partial charge in [-0.05, 0) is 36.5 Å². The molecule has 20 heavy (non-hydrogen) atoms. The molecule has 2 N–H and O–H groups in total. The summed E-state index contributed by atoms with van der Waals surface area (Å²) in [4.78, 5) is 11.4. The molecule has 1 aromatic carbocycles. The lowest BCUT2D eigenvalue weighted by Crippen LogP contribution is -2.16. The molecule has 0 unspecified atom stereocenters. The van der Waals surface area contributed by atoms with Gasteiger partial charge in [0.15, 0.2) is 0 Å². The van der Waals surface area contributed by atoms with E-state index in [1.54, 1.807) is 12.1 Å². The second-order valence-corrected chi connectivity index (χ2v) is 5.37. The number of carbonyl (C=O) groups is 1. The standard InChI is InChI=1S/C17H23NO2/c1-20-17(19)15-9-7-13(8-10-15)11-16(12-18)14-5-3-2-4-6-14/h7-11,14H,2-6,12,18H2,1H3/b16-11-. The van der Waals surface area contributed by atoms with Crippen LogP contribution in [-0.4, -0.2) is 19.6 Å². The quantitative estimate of drug-likeness (QED) is 0.855. The number of hydrogen-bond acceptors (Lipinski definition) is 3. The molecule has 0 bridgehead atoms. The van der Waals surface area contributed by atoms with E-state index in [2.05, 4.69) is 6.08 Å². The number of nitrogens with two attached hydrogens (primary N) is 1. The van der Waals surface area contributed by atoms with Gasteiger partial charge in [-0.3, -0.25) is 0 Å². The Morgan fingerprint density at radius 3 is 2.45 bits per heavy atom. The molecule has 0 spiro atoms. The first kappa shape index (κ1) is 14.8. The molecule has 3 nitrogen and oxygen atoms in total. The molecule has 0 aliphatic heterocycles. The van der Waals surface area contributed by atoms with Crippen LogP contribution in [0.1, 0.15) is 48.0 Å². The molecule has 3 heteroatoms. The first-order valence-corrected chi connectivity index (χ1v) is 7.33. The van der Waals surface area contributed by atoms with Crippen LogP contribution < -0.4 is 5.73 Å². The molecule has 1 saturated carbocycles.